The SMILES string of the molecule is CCC[C@H](C)NC(=O)Cn1c(=O)cnc2ccccc21. The number of aromatic nitrogens is 2. The summed E-state index contributed by atoms with van der Waals surface area (Å²) < 4.78 is 1.45. The van der Waals surface area contributed by atoms with Crippen LogP contribution in [0.15, 0.2) is 35.3 Å². The van der Waals surface area contributed by atoms with E-state index in [4.69, 9.17) is 0 Å². The summed E-state index contributed by atoms with van der Waals surface area (Å²) in [5, 5.41) is 2.90. The van der Waals surface area contributed by atoms with Crippen molar-refractivity contribution < 1.29 is 4.79 Å². The molecule has 1 atom stereocenters. The van der Waals surface area contributed by atoms with E-state index in [-0.39, 0.29) is 24.1 Å². The minimum Gasteiger partial charge on any atom is -0.352 e. The first kappa shape index (κ1) is 14.2. The molecule has 0 spiro atoms. The molecule has 0 aliphatic carbocycles. The van der Waals surface area contributed by atoms with E-state index < -0.39 is 0 Å². The number of amides is 1. The predicted molar refractivity (Wildman–Crippen MR) is 78.5 cm³/mol. The van der Waals surface area contributed by atoms with Crippen molar-refractivity contribution in [3.63, 3.8) is 0 Å². The molecule has 0 unspecified atom stereocenters. The molecule has 0 bridgehead atoms. The zero-order valence-electron chi connectivity index (χ0n) is 11.8. The highest BCUT2D eigenvalue weighted by atomic mass is 16.2. The number of hydrogen-bond donors (Lipinski definition) is 1. The van der Waals surface area contributed by atoms with Gasteiger partial charge in [-0.1, -0.05) is 25.5 Å². The molecule has 1 aromatic heterocycles. The zero-order chi connectivity index (χ0) is 14.5. The Hall–Kier alpha value is -2.17. The summed E-state index contributed by atoms with van der Waals surface area (Å²) >= 11 is 0. The molecule has 1 heterocycles. The van der Waals surface area contributed by atoms with Gasteiger partial charge in [0, 0.05) is 6.04 Å². The molecule has 0 radical (unpaired) electrons. The molecule has 0 saturated carbocycles. The Labute approximate surface area is 117 Å². The van der Waals surface area contributed by atoms with Crippen molar-refractivity contribution in [2.75, 3.05) is 0 Å². The van der Waals surface area contributed by atoms with Gasteiger partial charge in [-0.05, 0) is 25.5 Å². The lowest BCUT2D eigenvalue weighted by Gasteiger charge is -2.14. The Morgan fingerprint density at radius 1 is 1.40 bits per heavy atom. The molecular weight excluding hydrogens is 254 g/mol. The van der Waals surface area contributed by atoms with Gasteiger partial charge in [0.2, 0.25) is 5.91 Å². The smallest absolute Gasteiger partial charge is 0.269 e. The molecule has 5 nitrogen and oxygen atoms in total. The molecular formula is C15H19N3O2. The second-order valence-electron chi connectivity index (χ2n) is 4.93. The van der Waals surface area contributed by atoms with Crippen molar-refractivity contribution >= 4 is 16.9 Å². The molecule has 0 aliphatic heterocycles. The number of para-hydroxylation sites is 2. The minimum atomic E-state index is -0.262. The lowest BCUT2D eigenvalue weighted by molar-refractivity contribution is -0.122. The number of nitrogens with one attached hydrogen (secondary N) is 1. The monoisotopic (exact) mass is 273 g/mol. The number of nitrogens with zero attached hydrogens (tertiary/aromatic N) is 2. The van der Waals surface area contributed by atoms with Crippen molar-refractivity contribution in [2.24, 2.45) is 0 Å². The zero-order valence-corrected chi connectivity index (χ0v) is 11.8. The van der Waals surface area contributed by atoms with E-state index in [1.807, 2.05) is 25.1 Å². The number of hydrogen-bond acceptors (Lipinski definition) is 3. The number of rotatable bonds is 5. The maximum Gasteiger partial charge on any atom is 0.269 e. The molecule has 106 valence electrons. The number of benzene rings is 1. The minimum absolute atomic E-state index is 0.0237. The van der Waals surface area contributed by atoms with Crippen LogP contribution in [0.2, 0.25) is 0 Å². The first-order valence-corrected chi connectivity index (χ1v) is 6.85. The summed E-state index contributed by atoms with van der Waals surface area (Å²) in [5.41, 5.74) is 1.13. The number of carbonyl (C=O) groups excluding carboxylic acids is 1. The van der Waals surface area contributed by atoms with E-state index in [9.17, 15) is 9.59 Å². The standard InChI is InChI=1S/C15H19N3O2/c1-3-6-11(2)17-14(19)10-18-13-8-5-4-7-12(13)16-9-15(18)20/h4-5,7-9,11H,3,6,10H2,1-2H3,(H,17,19)/t11-/m0/s1. The van der Waals surface area contributed by atoms with Crippen LogP contribution >= 0.6 is 0 Å². The van der Waals surface area contributed by atoms with Crippen molar-refractivity contribution in [1.82, 2.24) is 14.9 Å². The van der Waals surface area contributed by atoms with Crippen molar-refractivity contribution in [1.29, 1.82) is 0 Å². The van der Waals surface area contributed by atoms with Crippen LogP contribution in [0.1, 0.15) is 26.7 Å². The van der Waals surface area contributed by atoms with Gasteiger partial charge in [0.05, 0.1) is 17.2 Å². The van der Waals surface area contributed by atoms with Gasteiger partial charge in [0.1, 0.15) is 6.54 Å². The van der Waals surface area contributed by atoms with Crippen molar-refractivity contribution in [3.05, 3.63) is 40.8 Å². The van der Waals surface area contributed by atoms with Crippen LogP contribution < -0.4 is 10.9 Å². The first-order valence-electron chi connectivity index (χ1n) is 6.85. The quantitative estimate of drug-likeness (QED) is 0.901. The summed E-state index contributed by atoms with van der Waals surface area (Å²) in [4.78, 5) is 28.0. The summed E-state index contributed by atoms with van der Waals surface area (Å²) in [6.45, 7) is 4.06. The van der Waals surface area contributed by atoms with Gasteiger partial charge in [0.15, 0.2) is 0 Å². The third-order valence-electron chi connectivity index (χ3n) is 3.18. The lowest BCUT2D eigenvalue weighted by atomic mass is 10.2. The molecule has 20 heavy (non-hydrogen) atoms. The second-order valence-corrected chi connectivity index (χ2v) is 4.93. The molecule has 1 N–H and O–H groups in total. The second kappa shape index (κ2) is 6.32. The molecule has 0 saturated heterocycles. The molecule has 1 aromatic carbocycles. The Morgan fingerprint density at radius 3 is 2.90 bits per heavy atom. The van der Waals surface area contributed by atoms with Crippen molar-refractivity contribution in [3.8, 4) is 0 Å². The van der Waals surface area contributed by atoms with Crippen LogP contribution in [0.3, 0.4) is 0 Å². The van der Waals surface area contributed by atoms with Crippen LogP contribution in [0, 0.1) is 0 Å². The van der Waals surface area contributed by atoms with Crippen LogP contribution in [0.5, 0.6) is 0 Å². The molecule has 0 aliphatic rings. The van der Waals surface area contributed by atoms with Gasteiger partial charge >= 0.3 is 0 Å². The van der Waals surface area contributed by atoms with Crippen molar-refractivity contribution in [2.45, 2.75) is 39.3 Å². The van der Waals surface area contributed by atoms with E-state index in [2.05, 4.69) is 17.2 Å². The van der Waals surface area contributed by atoms with Gasteiger partial charge in [0.25, 0.3) is 5.56 Å². The molecule has 5 heteroatoms. The lowest BCUT2D eigenvalue weighted by Crippen LogP contribution is -2.37. The third-order valence-corrected chi connectivity index (χ3v) is 3.18. The Bertz CT molecular complexity index is 663. The normalized spacial score (nSPS) is 12.3. The Morgan fingerprint density at radius 2 is 2.15 bits per heavy atom. The maximum absolute atomic E-state index is 12.0. The average molecular weight is 273 g/mol. The highest BCUT2D eigenvalue weighted by molar-refractivity contribution is 5.80. The van der Waals surface area contributed by atoms with E-state index in [1.54, 1.807) is 6.07 Å². The van der Waals surface area contributed by atoms with Crippen LogP contribution in [0.4, 0.5) is 0 Å². The molecule has 1 amide bonds. The van der Waals surface area contributed by atoms with Crippen LogP contribution in [-0.4, -0.2) is 21.5 Å². The van der Waals surface area contributed by atoms with Crippen LogP contribution in [-0.2, 0) is 11.3 Å². The van der Waals surface area contributed by atoms with Crippen LogP contribution in [0.25, 0.3) is 11.0 Å². The predicted octanol–water partition coefficient (Wildman–Crippen LogP) is 1.70. The summed E-state index contributed by atoms with van der Waals surface area (Å²) in [6.07, 6.45) is 3.20. The fourth-order valence-electron chi connectivity index (χ4n) is 2.25. The van der Waals surface area contributed by atoms with Gasteiger partial charge < -0.3 is 5.32 Å². The van der Waals surface area contributed by atoms with Gasteiger partial charge in [-0.15, -0.1) is 0 Å². The molecule has 0 fully saturated rings. The van der Waals surface area contributed by atoms with E-state index >= 15 is 0 Å². The van der Waals surface area contributed by atoms with Gasteiger partial charge in [-0.3, -0.25) is 14.2 Å². The summed E-state index contributed by atoms with van der Waals surface area (Å²) in [7, 11) is 0. The maximum atomic E-state index is 12.0. The largest absolute Gasteiger partial charge is 0.352 e. The number of carbonyl (C=O) groups is 1. The summed E-state index contributed by atoms with van der Waals surface area (Å²) in [6, 6.07) is 7.43. The molecule has 2 rings (SSSR count). The van der Waals surface area contributed by atoms with E-state index in [0.29, 0.717) is 11.0 Å². The Balaban J connectivity index is 2.23. The highest BCUT2D eigenvalue weighted by Crippen LogP contribution is 2.08. The molecule has 2 aromatic rings. The van der Waals surface area contributed by atoms with E-state index in [1.165, 1.54) is 10.8 Å². The van der Waals surface area contributed by atoms with E-state index in [0.717, 1.165) is 12.8 Å². The fraction of sp³-hybridized carbons (Fsp3) is 0.400. The topological polar surface area (TPSA) is 64.0 Å². The highest BCUT2D eigenvalue weighted by Gasteiger charge is 2.10. The third kappa shape index (κ3) is 3.23. The summed E-state index contributed by atoms with van der Waals surface area (Å²) in [5.74, 6) is -0.149. The fourth-order valence-corrected chi connectivity index (χ4v) is 2.25. The average Bonchev–Trinajstić information content (AvgIpc) is 2.42. The first-order chi connectivity index (χ1) is 9.61. The van der Waals surface area contributed by atoms with Gasteiger partial charge in [-0.2, -0.15) is 0 Å². The Kier molecular flexibility index (Phi) is 4.50. The van der Waals surface area contributed by atoms with Gasteiger partial charge in [-0.25, -0.2) is 4.98 Å². The number of fused-ring (bicyclic) bond motifs is 1.